The molecule has 0 aromatic rings. The zero-order valence-electron chi connectivity index (χ0n) is 10.3. The Kier molecular flexibility index (Phi) is 3.87. The maximum atomic E-state index is 5.91. The van der Waals surface area contributed by atoms with Crippen molar-refractivity contribution in [3.05, 3.63) is 0 Å². The van der Waals surface area contributed by atoms with E-state index in [-0.39, 0.29) is 24.0 Å². The van der Waals surface area contributed by atoms with Crippen molar-refractivity contribution in [2.45, 2.75) is 44.2 Å². The predicted octanol–water partition coefficient (Wildman–Crippen LogP) is 1.49. The number of nitrogens with two attached hydrogens (primary N) is 1. The van der Waals surface area contributed by atoms with Gasteiger partial charge in [0.2, 0.25) is 0 Å². The number of halogens is 1. The highest BCUT2D eigenvalue weighted by Crippen LogP contribution is 2.60. The molecule has 2 aliphatic carbocycles. The molecule has 3 rings (SSSR count). The summed E-state index contributed by atoms with van der Waals surface area (Å²) >= 11 is 0. The van der Waals surface area contributed by atoms with Crippen LogP contribution in [0.2, 0.25) is 0 Å². The molecule has 0 aromatic carbocycles. The Hall–Kier alpha value is -0.0400. The van der Waals surface area contributed by atoms with Crippen LogP contribution < -0.4 is 11.1 Å². The molecule has 1 heterocycles. The van der Waals surface area contributed by atoms with Gasteiger partial charge in [-0.2, -0.15) is 0 Å². The molecule has 3 N–H and O–H groups in total. The number of fused-ring (bicyclic) bond motifs is 2. The second-order valence-corrected chi connectivity index (χ2v) is 5.42. The van der Waals surface area contributed by atoms with Crippen LogP contribution in [0.4, 0.5) is 0 Å². The van der Waals surface area contributed by atoms with Crippen molar-refractivity contribution in [1.29, 1.82) is 0 Å². The fourth-order valence-electron chi connectivity index (χ4n) is 4.13. The van der Waals surface area contributed by atoms with E-state index < -0.39 is 0 Å². The molecular formula is C12H22IN3O. The lowest BCUT2D eigenvalue weighted by Gasteiger charge is -2.56. The molecule has 4 nitrogen and oxygen atoms in total. The monoisotopic (exact) mass is 351 g/mol. The number of guanidine groups is 1. The average Bonchev–Trinajstić information content (AvgIpc) is 2.92. The second kappa shape index (κ2) is 4.91. The van der Waals surface area contributed by atoms with Gasteiger partial charge >= 0.3 is 0 Å². The Bertz CT molecular complexity index is 315. The zero-order chi connectivity index (χ0) is 11.2. The average molecular weight is 351 g/mol. The molecule has 0 amide bonds. The van der Waals surface area contributed by atoms with E-state index in [1.807, 2.05) is 0 Å². The van der Waals surface area contributed by atoms with E-state index in [0.29, 0.717) is 29.4 Å². The second-order valence-electron chi connectivity index (χ2n) is 5.42. The molecule has 5 heteroatoms. The summed E-state index contributed by atoms with van der Waals surface area (Å²) in [4.78, 5) is 4.02. The highest BCUT2D eigenvalue weighted by Gasteiger charge is 2.64. The van der Waals surface area contributed by atoms with Crippen molar-refractivity contribution in [1.82, 2.24) is 5.32 Å². The van der Waals surface area contributed by atoms with Crippen molar-refractivity contribution >= 4 is 29.9 Å². The molecule has 17 heavy (non-hydrogen) atoms. The third-order valence-corrected chi connectivity index (χ3v) is 4.83. The topological polar surface area (TPSA) is 59.6 Å². The van der Waals surface area contributed by atoms with Gasteiger partial charge in [0.15, 0.2) is 5.96 Å². The Morgan fingerprint density at radius 2 is 2.12 bits per heavy atom. The number of nitrogens with one attached hydrogen (secondary N) is 1. The van der Waals surface area contributed by atoms with Crippen LogP contribution in [-0.4, -0.2) is 31.8 Å². The van der Waals surface area contributed by atoms with Crippen LogP contribution in [0.1, 0.15) is 32.1 Å². The van der Waals surface area contributed by atoms with E-state index in [1.54, 1.807) is 7.05 Å². The van der Waals surface area contributed by atoms with E-state index in [1.165, 1.54) is 32.1 Å². The summed E-state index contributed by atoms with van der Waals surface area (Å²) in [7, 11) is 1.74. The fraction of sp³-hybridized carbons (Fsp3) is 0.917. The van der Waals surface area contributed by atoms with Gasteiger partial charge in [0.25, 0.3) is 0 Å². The molecule has 3 atom stereocenters. The molecule has 1 spiro atoms. The molecule has 3 unspecified atom stereocenters. The fourth-order valence-corrected chi connectivity index (χ4v) is 4.13. The van der Waals surface area contributed by atoms with E-state index in [0.717, 1.165) is 6.61 Å². The lowest BCUT2D eigenvalue weighted by Crippen LogP contribution is -2.69. The molecule has 3 aliphatic rings. The minimum atomic E-state index is 0. The summed E-state index contributed by atoms with van der Waals surface area (Å²) in [5, 5.41) is 3.42. The first-order valence-electron chi connectivity index (χ1n) is 6.38. The molecule has 0 aromatic heterocycles. The van der Waals surface area contributed by atoms with Gasteiger partial charge in [-0.15, -0.1) is 24.0 Å². The van der Waals surface area contributed by atoms with Crippen LogP contribution in [0, 0.1) is 11.3 Å². The third-order valence-electron chi connectivity index (χ3n) is 4.83. The van der Waals surface area contributed by atoms with Gasteiger partial charge in [-0.25, -0.2) is 0 Å². The maximum absolute atomic E-state index is 5.91. The molecule has 1 aliphatic heterocycles. The first-order valence-corrected chi connectivity index (χ1v) is 6.38. The number of rotatable bonds is 1. The number of hydrogen-bond donors (Lipinski definition) is 2. The van der Waals surface area contributed by atoms with Crippen LogP contribution in [0.15, 0.2) is 4.99 Å². The number of aliphatic imine (C=N–C) groups is 1. The van der Waals surface area contributed by atoms with Crippen LogP contribution in [0.3, 0.4) is 0 Å². The highest BCUT2D eigenvalue weighted by atomic mass is 127. The summed E-state index contributed by atoms with van der Waals surface area (Å²) in [5.74, 6) is 1.25. The Morgan fingerprint density at radius 3 is 2.76 bits per heavy atom. The lowest BCUT2D eigenvalue weighted by molar-refractivity contribution is -0.124. The van der Waals surface area contributed by atoms with Gasteiger partial charge in [-0.05, 0) is 19.3 Å². The Morgan fingerprint density at radius 1 is 1.41 bits per heavy atom. The molecule has 1 saturated heterocycles. The minimum absolute atomic E-state index is 0. The molecule has 0 radical (unpaired) electrons. The quantitative estimate of drug-likeness (QED) is 0.428. The smallest absolute Gasteiger partial charge is 0.188 e. The van der Waals surface area contributed by atoms with Crippen molar-refractivity contribution in [2.75, 3.05) is 13.7 Å². The molecule has 3 fully saturated rings. The summed E-state index contributed by atoms with van der Waals surface area (Å²) < 4.78 is 5.91. The van der Waals surface area contributed by atoms with Crippen LogP contribution in [0.5, 0.6) is 0 Å². The van der Waals surface area contributed by atoms with Crippen molar-refractivity contribution < 1.29 is 4.74 Å². The van der Waals surface area contributed by atoms with Gasteiger partial charge in [0.1, 0.15) is 0 Å². The summed E-state index contributed by atoms with van der Waals surface area (Å²) in [6, 6.07) is 0.506. The van der Waals surface area contributed by atoms with Gasteiger partial charge in [0, 0.05) is 31.0 Å². The Balaban J connectivity index is 0.00000108. The van der Waals surface area contributed by atoms with Crippen molar-refractivity contribution in [2.24, 2.45) is 22.1 Å². The summed E-state index contributed by atoms with van der Waals surface area (Å²) in [6.45, 7) is 0.929. The van der Waals surface area contributed by atoms with E-state index in [4.69, 9.17) is 10.5 Å². The van der Waals surface area contributed by atoms with Gasteiger partial charge in [0.05, 0.1) is 6.10 Å². The third kappa shape index (κ3) is 1.85. The van der Waals surface area contributed by atoms with E-state index in [9.17, 15) is 0 Å². The standard InChI is InChI=1S/C12H21N3O.HI/c1-14-11(13)15-9-8-4-7-16-10(8)12(9)5-2-3-6-12;/h8-10H,2-7H2,1H3,(H3,13,14,15);1H. The molecule has 0 bridgehead atoms. The first-order chi connectivity index (χ1) is 7.78. The SMILES string of the molecule is CN=C(N)NC1C2CCOC2C12CCCC2.I. The normalized spacial score (nSPS) is 38.4. The van der Waals surface area contributed by atoms with Crippen molar-refractivity contribution in [3.8, 4) is 0 Å². The van der Waals surface area contributed by atoms with E-state index >= 15 is 0 Å². The number of ether oxygens (including phenoxy) is 1. The largest absolute Gasteiger partial charge is 0.377 e. The van der Waals surface area contributed by atoms with Gasteiger partial charge < -0.3 is 15.8 Å². The van der Waals surface area contributed by atoms with E-state index in [2.05, 4.69) is 10.3 Å². The van der Waals surface area contributed by atoms with Gasteiger partial charge in [-0.3, -0.25) is 4.99 Å². The number of nitrogens with zero attached hydrogens (tertiary/aromatic N) is 1. The van der Waals surface area contributed by atoms with Gasteiger partial charge in [-0.1, -0.05) is 12.8 Å². The van der Waals surface area contributed by atoms with Crippen LogP contribution >= 0.6 is 24.0 Å². The predicted molar refractivity (Wildman–Crippen MR) is 78.6 cm³/mol. The van der Waals surface area contributed by atoms with Crippen LogP contribution in [-0.2, 0) is 4.74 Å². The summed E-state index contributed by atoms with van der Waals surface area (Å²) in [5.41, 5.74) is 6.19. The minimum Gasteiger partial charge on any atom is -0.377 e. The maximum Gasteiger partial charge on any atom is 0.188 e. The van der Waals surface area contributed by atoms with Crippen LogP contribution in [0.25, 0.3) is 0 Å². The Labute approximate surface area is 120 Å². The lowest BCUT2D eigenvalue weighted by atomic mass is 9.54. The molecule has 2 saturated carbocycles. The van der Waals surface area contributed by atoms with Crippen molar-refractivity contribution in [3.63, 3.8) is 0 Å². The highest BCUT2D eigenvalue weighted by molar-refractivity contribution is 14.0. The molecule has 98 valence electrons. The summed E-state index contributed by atoms with van der Waals surface area (Å²) in [6.07, 6.45) is 6.95. The first kappa shape index (κ1) is 13.4. The molecular weight excluding hydrogens is 329 g/mol. The zero-order valence-corrected chi connectivity index (χ0v) is 12.6. The number of hydrogen-bond acceptors (Lipinski definition) is 2.